The molecule has 0 unspecified atom stereocenters. The van der Waals surface area contributed by atoms with E-state index in [9.17, 15) is 18.3 Å². The molecule has 0 bridgehead atoms. The van der Waals surface area contributed by atoms with Crippen LogP contribution in [-0.4, -0.2) is 31.0 Å². The van der Waals surface area contributed by atoms with Crippen LogP contribution in [0.1, 0.15) is 0 Å². The van der Waals surface area contributed by atoms with E-state index in [2.05, 4.69) is 4.98 Å². The van der Waals surface area contributed by atoms with Crippen molar-refractivity contribution in [3.63, 3.8) is 0 Å². The van der Waals surface area contributed by atoms with E-state index in [4.69, 9.17) is 10.2 Å². The number of nitrogens with zero attached hydrogens (tertiary/aromatic N) is 2. The molecular weight excluding hydrogens is 367 g/mol. The molecule has 1 aliphatic heterocycles. The normalized spacial score (nSPS) is 16.2. The molecule has 4 N–H and O–H groups in total. The van der Waals surface area contributed by atoms with Crippen molar-refractivity contribution in [1.29, 1.82) is 0 Å². The number of nitrogens with one attached hydrogen (secondary N) is 1. The van der Waals surface area contributed by atoms with Gasteiger partial charge in [0.15, 0.2) is 11.4 Å². The third-order valence-corrected chi connectivity index (χ3v) is 5.26. The number of halogens is 1. The standard InChI is InChI=1S/C15H11FN4O5S/c16-13-8(7-1-3-9-11(5-7)25-15(17)18-9)2-4-10(21)14(13)20-6-12(22)19-26(20,23)24/h1-5,21H,6H2,(H2,17,18)(H,19,22). The van der Waals surface area contributed by atoms with Crippen molar-refractivity contribution in [2.45, 2.75) is 0 Å². The molecule has 134 valence electrons. The van der Waals surface area contributed by atoms with E-state index < -0.39 is 39.9 Å². The van der Waals surface area contributed by atoms with Crippen molar-refractivity contribution in [2.24, 2.45) is 0 Å². The summed E-state index contributed by atoms with van der Waals surface area (Å²) in [5.41, 5.74) is 6.02. The number of aromatic hydroxyl groups is 1. The molecule has 0 radical (unpaired) electrons. The predicted molar refractivity (Wildman–Crippen MR) is 89.9 cm³/mol. The van der Waals surface area contributed by atoms with Crippen molar-refractivity contribution >= 4 is 38.9 Å². The molecule has 9 nitrogen and oxygen atoms in total. The molecule has 0 saturated carbocycles. The maximum absolute atomic E-state index is 15.1. The number of phenols is 1. The third-order valence-electron chi connectivity index (χ3n) is 3.88. The predicted octanol–water partition coefficient (Wildman–Crippen LogP) is 1.10. The number of phenolic OH excluding ortho intramolecular Hbond substituents is 1. The van der Waals surface area contributed by atoms with Gasteiger partial charge in [0.1, 0.15) is 23.5 Å². The molecule has 1 aromatic heterocycles. The lowest BCUT2D eigenvalue weighted by molar-refractivity contribution is -0.117. The summed E-state index contributed by atoms with van der Waals surface area (Å²) in [4.78, 5) is 15.3. The molecule has 1 aliphatic rings. The van der Waals surface area contributed by atoms with Gasteiger partial charge in [0, 0.05) is 5.56 Å². The number of anilines is 2. The number of aromatic nitrogens is 1. The number of rotatable bonds is 2. The highest BCUT2D eigenvalue weighted by Crippen LogP contribution is 2.39. The zero-order valence-corrected chi connectivity index (χ0v) is 13.7. The number of carbonyl (C=O) groups is 1. The smallest absolute Gasteiger partial charge is 0.326 e. The summed E-state index contributed by atoms with van der Waals surface area (Å²) in [7, 11) is -4.28. The topological polar surface area (TPSA) is 139 Å². The molecular formula is C15H11FN4O5S. The molecule has 26 heavy (non-hydrogen) atoms. The Morgan fingerprint density at radius 2 is 2.08 bits per heavy atom. The van der Waals surface area contributed by atoms with Crippen molar-refractivity contribution < 1.29 is 27.1 Å². The molecule has 1 saturated heterocycles. The Balaban J connectivity index is 1.89. The quantitative estimate of drug-likeness (QED) is 0.607. The van der Waals surface area contributed by atoms with Gasteiger partial charge in [-0.2, -0.15) is 13.4 Å². The van der Waals surface area contributed by atoms with Crippen LogP contribution in [0.3, 0.4) is 0 Å². The van der Waals surface area contributed by atoms with E-state index in [1.165, 1.54) is 12.1 Å². The van der Waals surface area contributed by atoms with Gasteiger partial charge in [-0.15, -0.1) is 0 Å². The molecule has 3 aromatic rings. The minimum absolute atomic E-state index is 0.00391. The van der Waals surface area contributed by atoms with Gasteiger partial charge in [0.25, 0.3) is 11.9 Å². The van der Waals surface area contributed by atoms with Crippen LogP contribution in [0.4, 0.5) is 16.1 Å². The lowest BCUT2D eigenvalue weighted by Crippen LogP contribution is -2.30. The number of amides is 1. The molecule has 11 heteroatoms. The minimum atomic E-state index is -4.28. The largest absolute Gasteiger partial charge is 0.506 e. The maximum Gasteiger partial charge on any atom is 0.326 e. The average Bonchev–Trinajstić information content (AvgIpc) is 3.04. The maximum atomic E-state index is 15.1. The molecule has 2 heterocycles. The lowest BCUT2D eigenvalue weighted by atomic mass is 10.0. The molecule has 0 aliphatic carbocycles. The van der Waals surface area contributed by atoms with Crippen LogP contribution in [0.5, 0.6) is 5.75 Å². The summed E-state index contributed by atoms with van der Waals surface area (Å²) in [6.07, 6.45) is 0. The minimum Gasteiger partial charge on any atom is -0.506 e. The average molecular weight is 378 g/mol. The second kappa shape index (κ2) is 5.33. The number of nitrogen functional groups attached to an aromatic ring is 1. The van der Waals surface area contributed by atoms with E-state index in [0.717, 1.165) is 6.07 Å². The first-order valence-electron chi connectivity index (χ1n) is 7.27. The lowest BCUT2D eigenvalue weighted by Gasteiger charge is -2.18. The molecule has 2 aromatic carbocycles. The summed E-state index contributed by atoms with van der Waals surface area (Å²) >= 11 is 0. The fourth-order valence-corrected chi connectivity index (χ4v) is 3.93. The van der Waals surface area contributed by atoms with Crippen LogP contribution < -0.4 is 14.8 Å². The van der Waals surface area contributed by atoms with Gasteiger partial charge >= 0.3 is 10.2 Å². The summed E-state index contributed by atoms with van der Waals surface area (Å²) in [5, 5.41) is 9.99. The number of benzene rings is 2. The van der Waals surface area contributed by atoms with Crippen molar-refractivity contribution in [3.8, 4) is 16.9 Å². The van der Waals surface area contributed by atoms with Crippen molar-refractivity contribution in [2.75, 3.05) is 16.6 Å². The fraction of sp³-hybridized carbons (Fsp3) is 0.0667. The van der Waals surface area contributed by atoms with Crippen LogP contribution in [0.15, 0.2) is 34.7 Å². The summed E-state index contributed by atoms with van der Waals surface area (Å²) in [6.45, 7) is -0.631. The Morgan fingerprint density at radius 1 is 1.31 bits per heavy atom. The first-order chi connectivity index (χ1) is 12.3. The van der Waals surface area contributed by atoms with Crippen molar-refractivity contribution in [3.05, 3.63) is 36.1 Å². The van der Waals surface area contributed by atoms with E-state index in [1.54, 1.807) is 16.9 Å². The molecule has 0 atom stereocenters. The number of hydrogen-bond acceptors (Lipinski definition) is 7. The Kier molecular flexibility index (Phi) is 3.31. The van der Waals surface area contributed by atoms with Crippen LogP contribution in [0.2, 0.25) is 0 Å². The van der Waals surface area contributed by atoms with E-state index in [1.807, 2.05) is 0 Å². The Labute approximate surface area is 146 Å². The third kappa shape index (κ3) is 2.40. The number of nitrogens with two attached hydrogens (primary N) is 1. The number of carbonyl (C=O) groups excluding carboxylic acids is 1. The molecule has 1 amide bonds. The highest BCUT2D eigenvalue weighted by Gasteiger charge is 2.38. The van der Waals surface area contributed by atoms with Gasteiger partial charge in [-0.25, -0.2) is 13.4 Å². The van der Waals surface area contributed by atoms with Crippen LogP contribution in [-0.2, 0) is 15.0 Å². The highest BCUT2D eigenvalue weighted by molar-refractivity contribution is 7.92. The SMILES string of the molecule is Nc1nc2ccc(-c3ccc(O)c(N4CC(=O)NS4(=O)=O)c3F)cc2o1. The first kappa shape index (κ1) is 16.1. The fourth-order valence-electron chi connectivity index (χ4n) is 2.77. The summed E-state index contributed by atoms with van der Waals surface area (Å²) in [5.74, 6) is -2.44. The summed E-state index contributed by atoms with van der Waals surface area (Å²) < 4.78 is 46.4. The Morgan fingerprint density at radius 3 is 2.77 bits per heavy atom. The molecule has 4 rings (SSSR count). The van der Waals surface area contributed by atoms with E-state index >= 15 is 4.39 Å². The second-order valence-electron chi connectivity index (χ2n) is 5.57. The Hall–Kier alpha value is -3.34. The van der Waals surface area contributed by atoms with Gasteiger partial charge in [-0.1, -0.05) is 6.07 Å². The van der Waals surface area contributed by atoms with E-state index in [-0.39, 0.29) is 11.6 Å². The van der Waals surface area contributed by atoms with Gasteiger partial charge < -0.3 is 15.3 Å². The van der Waals surface area contributed by atoms with Crippen LogP contribution in [0.25, 0.3) is 22.2 Å². The first-order valence-corrected chi connectivity index (χ1v) is 8.71. The van der Waals surface area contributed by atoms with Gasteiger partial charge in [-0.3, -0.25) is 4.79 Å². The zero-order valence-electron chi connectivity index (χ0n) is 12.9. The second-order valence-corrected chi connectivity index (χ2v) is 7.16. The molecule has 0 spiro atoms. The summed E-state index contributed by atoms with van der Waals surface area (Å²) in [6, 6.07) is 6.98. The van der Waals surface area contributed by atoms with Gasteiger partial charge in [-0.05, 0) is 29.8 Å². The molecule has 1 fully saturated rings. The van der Waals surface area contributed by atoms with Gasteiger partial charge in [0.05, 0.1) is 0 Å². The number of hydrogen-bond donors (Lipinski definition) is 3. The van der Waals surface area contributed by atoms with E-state index in [0.29, 0.717) is 21.0 Å². The number of oxazole rings is 1. The highest BCUT2D eigenvalue weighted by atomic mass is 32.2. The Bertz CT molecular complexity index is 1170. The van der Waals surface area contributed by atoms with Crippen molar-refractivity contribution in [1.82, 2.24) is 9.71 Å². The van der Waals surface area contributed by atoms with Gasteiger partial charge in [0.2, 0.25) is 0 Å². The number of fused-ring (bicyclic) bond motifs is 1. The monoisotopic (exact) mass is 378 g/mol. The van der Waals surface area contributed by atoms with Crippen LogP contribution in [0, 0.1) is 5.82 Å². The van der Waals surface area contributed by atoms with Crippen LogP contribution >= 0.6 is 0 Å². The zero-order chi connectivity index (χ0) is 18.6.